The Bertz CT molecular complexity index is 1050. The van der Waals surface area contributed by atoms with E-state index in [2.05, 4.69) is 0 Å². The summed E-state index contributed by atoms with van der Waals surface area (Å²) >= 11 is 0. The van der Waals surface area contributed by atoms with Crippen LogP contribution in [0.15, 0.2) is 66.7 Å². The smallest absolute Gasteiger partial charge is 0.270 e. The van der Waals surface area contributed by atoms with Gasteiger partial charge in [0, 0.05) is 28.6 Å². The molecular formula is C18H11FN2O2. The Morgan fingerprint density at radius 3 is 2.30 bits per heavy atom. The summed E-state index contributed by atoms with van der Waals surface area (Å²) in [6.45, 7) is 0. The fourth-order valence-electron chi connectivity index (χ4n) is 2.94. The van der Waals surface area contributed by atoms with Crippen molar-refractivity contribution in [1.82, 2.24) is 4.57 Å². The maximum atomic E-state index is 13.2. The Balaban J connectivity index is 2.13. The highest BCUT2D eigenvalue weighted by atomic mass is 19.1. The first-order valence-electron chi connectivity index (χ1n) is 7.09. The molecule has 0 fully saturated rings. The molecule has 5 heteroatoms. The van der Waals surface area contributed by atoms with Crippen LogP contribution in [0.1, 0.15) is 0 Å². The molecule has 23 heavy (non-hydrogen) atoms. The molecular weight excluding hydrogens is 295 g/mol. The fraction of sp³-hybridized carbons (Fsp3) is 0. The number of aromatic nitrogens is 1. The SMILES string of the molecule is O=[N+]([O-])c1ccc2c(c1)c1ccccc1n2-c1ccc(F)cc1. The summed E-state index contributed by atoms with van der Waals surface area (Å²) in [5, 5.41) is 12.8. The molecule has 1 aromatic heterocycles. The fourth-order valence-corrected chi connectivity index (χ4v) is 2.94. The van der Waals surface area contributed by atoms with Crippen molar-refractivity contribution in [3.63, 3.8) is 0 Å². The average Bonchev–Trinajstić information content (AvgIpc) is 2.89. The molecule has 0 N–H and O–H groups in total. The van der Waals surface area contributed by atoms with E-state index >= 15 is 0 Å². The first-order valence-corrected chi connectivity index (χ1v) is 7.09. The topological polar surface area (TPSA) is 48.1 Å². The van der Waals surface area contributed by atoms with Gasteiger partial charge in [-0.25, -0.2) is 4.39 Å². The van der Waals surface area contributed by atoms with E-state index in [0.717, 1.165) is 27.5 Å². The van der Waals surface area contributed by atoms with Crippen LogP contribution in [0.4, 0.5) is 10.1 Å². The van der Waals surface area contributed by atoms with Crippen LogP contribution in [0, 0.1) is 15.9 Å². The van der Waals surface area contributed by atoms with Gasteiger partial charge in [-0.1, -0.05) is 18.2 Å². The van der Waals surface area contributed by atoms with E-state index in [9.17, 15) is 14.5 Å². The average molecular weight is 306 g/mol. The second-order valence-electron chi connectivity index (χ2n) is 5.29. The zero-order chi connectivity index (χ0) is 16.0. The summed E-state index contributed by atoms with van der Waals surface area (Å²) in [7, 11) is 0. The summed E-state index contributed by atoms with van der Waals surface area (Å²) in [6.07, 6.45) is 0. The number of nitro groups is 1. The Morgan fingerprint density at radius 2 is 1.57 bits per heavy atom. The number of fused-ring (bicyclic) bond motifs is 3. The van der Waals surface area contributed by atoms with E-state index < -0.39 is 4.92 Å². The lowest BCUT2D eigenvalue weighted by molar-refractivity contribution is -0.384. The summed E-state index contributed by atoms with van der Waals surface area (Å²) in [4.78, 5) is 10.7. The first-order chi connectivity index (χ1) is 11.1. The number of benzene rings is 3. The van der Waals surface area contributed by atoms with Gasteiger partial charge in [0.2, 0.25) is 0 Å². The maximum absolute atomic E-state index is 13.2. The standard InChI is InChI=1S/C18H11FN2O2/c19-12-5-7-13(8-6-12)20-17-4-2-1-3-15(17)16-11-14(21(22)23)9-10-18(16)20/h1-11H. The van der Waals surface area contributed by atoms with Crippen LogP contribution in [-0.2, 0) is 0 Å². The minimum atomic E-state index is -0.399. The molecule has 0 amide bonds. The minimum absolute atomic E-state index is 0.0551. The van der Waals surface area contributed by atoms with Crippen molar-refractivity contribution in [2.24, 2.45) is 0 Å². The highest BCUT2D eigenvalue weighted by Crippen LogP contribution is 2.33. The van der Waals surface area contributed by atoms with E-state index in [1.807, 2.05) is 28.8 Å². The number of non-ortho nitro benzene ring substituents is 1. The number of nitro benzene ring substituents is 1. The molecule has 4 aromatic rings. The zero-order valence-electron chi connectivity index (χ0n) is 11.9. The van der Waals surface area contributed by atoms with Crippen LogP contribution >= 0.6 is 0 Å². The van der Waals surface area contributed by atoms with Crippen LogP contribution in [0.25, 0.3) is 27.5 Å². The van der Waals surface area contributed by atoms with E-state index in [0.29, 0.717) is 0 Å². The van der Waals surface area contributed by atoms with Crippen LogP contribution in [0.3, 0.4) is 0 Å². The summed E-state index contributed by atoms with van der Waals surface area (Å²) in [5.41, 5.74) is 2.64. The van der Waals surface area contributed by atoms with Crippen molar-refractivity contribution in [2.75, 3.05) is 0 Å². The third-order valence-electron chi connectivity index (χ3n) is 3.95. The van der Waals surface area contributed by atoms with Gasteiger partial charge in [-0.15, -0.1) is 0 Å². The maximum Gasteiger partial charge on any atom is 0.270 e. The Kier molecular flexibility index (Phi) is 2.87. The van der Waals surface area contributed by atoms with E-state index in [-0.39, 0.29) is 11.5 Å². The summed E-state index contributed by atoms with van der Waals surface area (Å²) in [5.74, 6) is -0.301. The minimum Gasteiger partial charge on any atom is -0.309 e. The lowest BCUT2D eigenvalue weighted by Crippen LogP contribution is -1.94. The van der Waals surface area contributed by atoms with Gasteiger partial charge < -0.3 is 4.57 Å². The zero-order valence-corrected chi connectivity index (χ0v) is 11.9. The van der Waals surface area contributed by atoms with Crippen LogP contribution < -0.4 is 0 Å². The monoisotopic (exact) mass is 306 g/mol. The van der Waals surface area contributed by atoms with Crippen molar-refractivity contribution in [3.05, 3.63) is 82.7 Å². The normalized spacial score (nSPS) is 11.2. The summed E-state index contributed by atoms with van der Waals surface area (Å²) in [6, 6.07) is 18.7. The van der Waals surface area contributed by atoms with Crippen LogP contribution in [0.5, 0.6) is 0 Å². The first kappa shape index (κ1) is 13.5. The van der Waals surface area contributed by atoms with E-state index in [1.165, 1.54) is 18.2 Å². The molecule has 1 heterocycles. The Hall–Kier alpha value is -3.21. The van der Waals surface area contributed by atoms with E-state index in [4.69, 9.17) is 0 Å². The molecule has 0 bridgehead atoms. The molecule has 4 rings (SSSR count). The number of rotatable bonds is 2. The largest absolute Gasteiger partial charge is 0.309 e. The molecule has 0 radical (unpaired) electrons. The molecule has 0 spiro atoms. The lowest BCUT2D eigenvalue weighted by atomic mass is 10.1. The molecule has 0 aliphatic rings. The second kappa shape index (κ2) is 4.91. The van der Waals surface area contributed by atoms with Gasteiger partial charge in [0.1, 0.15) is 5.82 Å². The summed E-state index contributed by atoms with van der Waals surface area (Å²) < 4.78 is 15.2. The molecule has 0 unspecified atom stereocenters. The van der Waals surface area contributed by atoms with Gasteiger partial charge in [0.15, 0.2) is 0 Å². The van der Waals surface area contributed by atoms with Gasteiger partial charge in [-0.3, -0.25) is 10.1 Å². The van der Waals surface area contributed by atoms with Crippen molar-refractivity contribution in [1.29, 1.82) is 0 Å². The van der Waals surface area contributed by atoms with Gasteiger partial charge in [-0.2, -0.15) is 0 Å². The quantitative estimate of drug-likeness (QED) is 0.393. The second-order valence-corrected chi connectivity index (χ2v) is 5.29. The molecule has 0 aliphatic heterocycles. The predicted octanol–water partition coefficient (Wildman–Crippen LogP) is 4.83. The highest BCUT2D eigenvalue weighted by molar-refractivity contribution is 6.09. The molecule has 0 aliphatic carbocycles. The van der Waals surface area contributed by atoms with Crippen molar-refractivity contribution < 1.29 is 9.31 Å². The number of nitrogens with zero attached hydrogens (tertiary/aromatic N) is 2. The highest BCUT2D eigenvalue weighted by Gasteiger charge is 2.15. The molecule has 112 valence electrons. The Morgan fingerprint density at radius 1 is 0.870 bits per heavy atom. The third-order valence-corrected chi connectivity index (χ3v) is 3.95. The van der Waals surface area contributed by atoms with E-state index in [1.54, 1.807) is 24.3 Å². The van der Waals surface area contributed by atoms with Gasteiger partial charge in [0.05, 0.1) is 16.0 Å². The molecule has 0 saturated carbocycles. The van der Waals surface area contributed by atoms with Crippen molar-refractivity contribution in [2.45, 2.75) is 0 Å². The third kappa shape index (κ3) is 2.05. The molecule has 0 saturated heterocycles. The molecule has 3 aromatic carbocycles. The van der Waals surface area contributed by atoms with Gasteiger partial charge in [-0.05, 0) is 36.4 Å². The molecule has 4 nitrogen and oxygen atoms in total. The van der Waals surface area contributed by atoms with Crippen molar-refractivity contribution >= 4 is 27.5 Å². The molecule has 0 atom stereocenters. The van der Waals surface area contributed by atoms with Gasteiger partial charge in [0.25, 0.3) is 5.69 Å². The van der Waals surface area contributed by atoms with Gasteiger partial charge >= 0.3 is 0 Å². The number of hydrogen-bond acceptors (Lipinski definition) is 2. The Labute approximate surface area is 130 Å². The van der Waals surface area contributed by atoms with Crippen molar-refractivity contribution in [3.8, 4) is 5.69 Å². The number of para-hydroxylation sites is 1. The lowest BCUT2D eigenvalue weighted by Gasteiger charge is -2.07. The van der Waals surface area contributed by atoms with Crippen LogP contribution in [-0.4, -0.2) is 9.49 Å². The van der Waals surface area contributed by atoms with Crippen LogP contribution in [0.2, 0.25) is 0 Å². The number of hydrogen-bond donors (Lipinski definition) is 0. The predicted molar refractivity (Wildman–Crippen MR) is 87.4 cm³/mol. The number of halogens is 1.